The van der Waals surface area contributed by atoms with Gasteiger partial charge in [-0.3, -0.25) is 0 Å². The molecule has 1 saturated heterocycles. The van der Waals surface area contributed by atoms with Crippen LogP contribution in [0, 0.1) is 5.41 Å². The SMILES string of the molecule is CC1(C)OCC2(CO1)Cc1c(/C=C/c3ccccc3)ccc(/C=C/c3ccccc3)c1C2. The smallest absolute Gasteiger partial charge is 0.162 e. The summed E-state index contributed by atoms with van der Waals surface area (Å²) in [5.41, 5.74) is 7.90. The number of benzene rings is 3. The van der Waals surface area contributed by atoms with Gasteiger partial charge in [0.15, 0.2) is 5.79 Å². The molecule has 3 aromatic carbocycles. The van der Waals surface area contributed by atoms with Crippen LogP contribution in [0.15, 0.2) is 72.8 Å². The topological polar surface area (TPSA) is 18.5 Å². The molecule has 0 unspecified atom stereocenters. The Balaban J connectivity index is 1.49. The Kier molecular flexibility index (Phi) is 5.58. The summed E-state index contributed by atoms with van der Waals surface area (Å²) >= 11 is 0. The van der Waals surface area contributed by atoms with E-state index < -0.39 is 5.79 Å². The van der Waals surface area contributed by atoms with Crippen LogP contribution in [0.3, 0.4) is 0 Å². The Bertz CT molecular complexity index is 1050. The summed E-state index contributed by atoms with van der Waals surface area (Å²) in [6.45, 7) is 5.48. The molecule has 162 valence electrons. The number of fused-ring (bicyclic) bond motifs is 1. The van der Waals surface area contributed by atoms with Crippen molar-refractivity contribution in [2.24, 2.45) is 5.41 Å². The van der Waals surface area contributed by atoms with E-state index in [9.17, 15) is 0 Å². The quantitative estimate of drug-likeness (QED) is 0.426. The average molecular weight is 423 g/mol. The second kappa shape index (κ2) is 8.54. The van der Waals surface area contributed by atoms with Crippen LogP contribution < -0.4 is 0 Å². The molecule has 2 aliphatic rings. The first-order chi connectivity index (χ1) is 15.5. The fourth-order valence-corrected chi connectivity index (χ4v) is 4.71. The summed E-state index contributed by atoms with van der Waals surface area (Å²) in [7, 11) is 0. The molecule has 0 amide bonds. The molecule has 0 saturated carbocycles. The zero-order valence-corrected chi connectivity index (χ0v) is 18.9. The van der Waals surface area contributed by atoms with Gasteiger partial charge in [-0.15, -0.1) is 0 Å². The second-order valence-electron chi connectivity index (χ2n) is 9.52. The van der Waals surface area contributed by atoms with E-state index in [1.807, 2.05) is 13.8 Å². The van der Waals surface area contributed by atoms with Gasteiger partial charge in [-0.25, -0.2) is 0 Å². The first-order valence-electron chi connectivity index (χ1n) is 11.4. The van der Waals surface area contributed by atoms with Crippen LogP contribution in [-0.4, -0.2) is 19.0 Å². The summed E-state index contributed by atoms with van der Waals surface area (Å²) < 4.78 is 12.2. The van der Waals surface area contributed by atoms with Crippen molar-refractivity contribution in [3.8, 4) is 0 Å². The van der Waals surface area contributed by atoms with Crippen LogP contribution in [-0.2, 0) is 22.3 Å². The zero-order valence-electron chi connectivity index (χ0n) is 18.9. The van der Waals surface area contributed by atoms with E-state index in [1.165, 1.54) is 33.4 Å². The lowest BCUT2D eigenvalue weighted by Gasteiger charge is -2.41. The molecular weight excluding hydrogens is 392 g/mol. The Morgan fingerprint density at radius 3 is 1.47 bits per heavy atom. The lowest BCUT2D eigenvalue weighted by molar-refractivity contribution is -0.283. The van der Waals surface area contributed by atoms with Crippen LogP contribution in [0.2, 0.25) is 0 Å². The van der Waals surface area contributed by atoms with Crippen LogP contribution in [0.25, 0.3) is 24.3 Å². The fourth-order valence-electron chi connectivity index (χ4n) is 4.71. The van der Waals surface area contributed by atoms with Crippen molar-refractivity contribution >= 4 is 24.3 Å². The van der Waals surface area contributed by atoms with Crippen molar-refractivity contribution in [1.29, 1.82) is 0 Å². The lowest BCUT2D eigenvalue weighted by atomic mass is 9.85. The lowest BCUT2D eigenvalue weighted by Crippen LogP contribution is -2.47. The van der Waals surface area contributed by atoms with E-state index in [1.54, 1.807) is 0 Å². The van der Waals surface area contributed by atoms with Gasteiger partial charge in [0, 0.05) is 5.41 Å². The monoisotopic (exact) mass is 422 g/mol. The molecule has 0 N–H and O–H groups in total. The van der Waals surface area contributed by atoms with E-state index in [4.69, 9.17) is 9.47 Å². The molecule has 1 fully saturated rings. The molecule has 3 aromatic rings. The van der Waals surface area contributed by atoms with Gasteiger partial charge < -0.3 is 9.47 Å². The van der Waals surface area contributed by atoms with Crippen molar-refractivity contribution in [3.63, 3.8) is 0 Å². The van der Waals surface area contributed by atoms with Crippen molar-refractivity contribution in [1.82, 2.24) is 0 Å². The molecule has 5 rings (SSSR count). The minimum atomic E-state index is -0.494. The Hall–Kier alpha value is -2.94. The summed E-state index contributed by atoms with van der Waals surface area (Å²) in [5.74, 6) is -0.494. The average Bonchev–Trinajstić information content (AvgIpc) is 3.20. The number of ether oxygens (including phenoxy) is 2. The van der Waals surface area contributed by atoms with E-state index in [-0.39, 0.29) is 5.41 Å². The van der Waals surface area contributed by atoms with E-state index in [2.05, 4.69) is 97.1 Å². The molecule has 32 heavy (non-hydrogen) atoms. The predicted molar refractivity (Wildman–Crippen MR) is 133 cm³/mol. The molecular formula is C30H30O2. The maximum atomic E-state index is 6.11. The zero-order chi connectivity index (χ0) is 22.0. The molecule has 0 bridgehead atoms. The van der Waals surface area contributed by atoms with Gasteiger partial charge >= 0.3 is 0 Å². The van der Waals surface area contributed by atoms with Crippen LogP contribution in [0.5, 0.6) is 0 Å². The molecule has 1 aliphatic heterocycles. The molecule has 0 radical (unpaired) electrons. The molecule has 1 spiro atoms. The van der Waals surface area contributed by atoms with Gasteiger partial charge in [0.2, 0.25) is 0 Å². The van der Waals surface area contributed by atoms with Gasteiger partial charge in [0.1, 0.15) is 0 Å². The molecule has 1 heterocycles. The Morgan fingerprint density at radius 1 is 0.594 bits per heavy atom. The van der Waals surface area contributed by atoms with Crippen molar-refractivity contribution in [3.05, 3.63) is 106 Å². The van der Waals surface area contributed by atoms with Crippen molar-refractivity contribution in [2.45, 2.75) is 32.5 Å². The summed E-state index contributed by atoms with van der Waals surface area (Å²) in [6.07, 6.45) is 10.9. The van der Waals surface area contributed by atoms with Gasteiger partial charge in [-0.2, -0.15) is 0 Å². The summed E-state index contributed by atoms with van der Waals surface area (Å²) in [5, 5.41) is 0. The maximum Gasteiger partial charge on any atom is 0.162 e. The molecule has 2 heteroatoms. The van der Waals surface area contributed by atoms with Crippen LogP contribution in [0.4, 0.5) is 0 Å². The number of rotatable bonds is 4. The van der Waals surface area contributed by atoms with E-state index >= 15 is 0 Å². The number of hydrogen-bond acceptors (Lipinski definition) is 2. The van der Waals surface area contributed by atoms with Gasteiger partial charge in [-0.05, 0) is 60.1 Å². The third kappa shape index (κ3) is 4.48. The third-order valence-corrected chi connectivity index (χ3v) is 6.57. The van der Waals surface area contributed by atoms with Gasteiger partial charge in [0.05, 0.1) is 13.2 Å². The molecule has 2 nitrogen and oxygen atoms in total. The highest BCUT2D eigenvalue weighted by atomic mass is 16.7. The van der Waals surface area contributed by atoms with Crippen LogP contribution in [0.1, 0.15) is 47.2 Å². The highest BCUT2D eigenvalue weighted by Gasteiger charge is 2.45. The van der Waals surface area contributed by atoms with Gasteiger partial charge in [-0.1, -0.05) is 97.1 Å². The van der Waals surface area contributed by atoms with Crippen molar-refractivity contribution < 1.29 is 9.47 Å². The molecule has 0 atom stereocenters. The fraction of sp³-hybridized carbons (Fsp3) is 0.267. The van der Waals surface area contributed by atoms with E-state index in [0.29, 0.717) is 0 Å². The predicted octanol–water partition coefficient (Wildman–Crippen LogP) is 6.90. The maximum absolute atomic E-state index is 6.11. The summed E-state index contributed by atoms with van der Waals surface area (Å²) in [4.78, 5) is 0. The standard InChI is InChI=1S/C30H30O2/c1-29(2)31-21-30(22-32-29)19-27-25(15-13-23-9-5-3-6-10-23)17-18-26(28(27)20-30)16-14-24-11-7-4-8-12-24/h3-18H,19-22H2,1-2H3/b15-13+,16-14+. The third-order valence-electron chi connectivity index (χ3n) is 6.57. The minimum absolute atomic E-state index is 0.0177. The second-order valence-corrected chi connectivity index (χ2v) is 9.52. The first-order valence-corrected chi connectivity index (χ1v) is 11.4. The highest BCUT2D eigenvalue weighted by molar-refractivity contribution is 5.77. The largest absolute Gasteiger partial charge is 0.350 e. The molecule has 1 aliphatic carbocycles. The Labute approximate surface area is 191 Å². The van der Waals surface area contributed by atoms with Crippen molar-refractivity contribution in [2.75, 3.05) is 13.2 Å². The summed E-state index contributed by atoms with van der Waals surface area (Å²) in [6, 6.07) is 25.5. The van der Waals surface area contributed by atoms with Crippen LogP contribution >= 0.6 is 0 Å². The normalized spacial score (nSPS) is 19.1. The Morgan fingerprint density at radius 2 is 1.03 bits per heavy atom. The van der Waals surface area contributed by atoms with Gasteiger partial charge in [0.25, 0.3) is 0 Å². The van der Waals surface area contributed by atoms with E-state index in [0.717, 1.165) is 26.1 Å². The first kappa shape index (κ1) is 20.9. The minimum Gasteiger partial charge on any atom is -0.350 e. The highest BCUT2D eigenvalue weighted by Crippen LogP contribution is 2.45. The number of hydrogen-bond donors (Lipinski definition) is 0. The molecule has 0 aromatic heterocycles.